The number of nitrogens with zero attached hydrogens (tertiary/aromatic N) is 1. The van der Waals surface area contributed by atoms with Crippen LogP contribution in [0.4, 0.5) is 5.69 Å². The first-order chi connectivity index (χ1) is 10.6. The topological polar surface area (TPSA) is 38.0 Å². The number of nitrogens with one attached hydrogen (secondary N) is 1. The first kappa shape index (κ1) is 23.5. The fraction of sp³-hybridized carbons (Fsp3) is 0.381. The molecular weight excluding hydrogens is 319 g/mol. The van der Waals surface area contributed by atoms with Crippen molar-refractivity contribution in [3.8, 4) is 0 Å². The van der Waals surface area contributed by atoms with Crippen molar-refractivity contribution >= 4 is 11.4 Å². The van der Waals surface area contributed by atoms with Gasteiger partial charge in [-0.3, -0.25) is 0 Å². The van der Waals surface area contributed by atoms with Gasteiger partial charge in [0.1, 0.15) is 0 Å². The van der Waals surface area contributed by atoms with Crippen LogP contribution in [0.3, 0.4) is 0 Å². The molecule has 0 aliphatic rings. The molecule has 0 aliphatic heterocycles. The molecule has 0 aromatic heterocycles. The molecule has 0 amide bonds. The molecule has 0 atom stereocenters. The van der Waals surface area contributed by atoms with Crippen LogP contribution in [0.15, 0.2) is 42.5 Å². The van der Waals surface area contributed by atoms with Crippen LogP contribution in [0.1, 0.15) is 43.0 Å². The van der Waals surface area contributed by atoms with Crippen LogP contribution in [-0.4, -0.2) is 11.3 Å². The third kappa shape index (κ3) is 7.62. The Morgan fingerprint density at radius 2 is 1.29 bits per heavy atom. The second-order valence-electron chi connectivity index (χ2n) is 6.69. The number of benzene rings is 2. The van der Waals surface area contributed by atoms with Crippen LogP contribution in [0, 0.1) is 33.1 Å². The number of aryl methyl sites for hydroxylation is 4. The van der Waals surface area contributed by atoms with Gasteiger partial charge in [0.2, 0.25) is 0 Å². The van der Waals surface area contributed by atoms with Crippen LogP contribution < -0.4 is 51.4 Å². The van der Waals surface area contributed by atoms with E-state index in [0.29, 0.717) is 5.71 Å². The van der Waals surface area contributed by atoms with Gasteiger partial charge in [0.05, 0.1) is 0 Å². The van der Waals surface area contributed by atoms with Gasteiger partial charge in [-0.1, -0.05) is 84.1 Å². The Hall–Kier alpha value is -0.454. The summed E-state index contributed by atoms with van der Waals surface area (Å²) in [6, 6.07) is 14.6. The van der Waals surface area contributed by atoms with Crippen LogP contribution in [0.5, 0.6) is 0 Å². The second-order valence-corrected chi connectivity index (χ2v) is 6.69. The summed E-state index contributed by atoms with van der Waals surface area (Å²) in [6.45, 7) is 14.1. The van der Waals surface area contributed by atoms with Gasteiger partial charge in [-0.15, -0.1) is 5.69 Å². The zero-order valence-electron chi connectivity index (χ0n) is 16.5. The van der Waals surface area contributed by atoms with Gasteiger partial charge in [0.15, 0.2) is 0 Å². The summed E-state index contributed by atoms with van der Waals surface area (Å²) in [5.74, 6) is 0. The van der Waals surface area contributed by atoms with Crippen LogP contribution in [-0.2, 0) is 0 Å². The first-order valence-corrected chi connectivity index (χ1v) is 8.01. The monoisotopic (exact) mass is 348 g/mol. The molecule has 24 heavy (non-hydrogen) atoms. The van der Waals surface area contributed by atoms with Crippen molar-refractivity contribution in [2.75, 3.05) is 0 Å². The largest absolute Gasteiger partial charge is 1.00 e. The van der Waals surface area contributed by atoms with Crippen molar-refractivity contribution in [1.82, 2.24) is 0 Å². The summed E-state index contributed by atoms with van der Waals surface area (Å²) in [4.78, 5) is 0. The Balaban J connectivity index is 0.000000498. The molecule has 0 heterocycles. The molecule has 2 aromatic carbocycles. The Morgan fingerprint density at radius 1 is 0.875 bits per heavy atom. The maximum absolute atomic E-state index is 7.69. The Labute approximate surface area is 190 Å². The van der Waals surface area contributed by atoms with Gasteiger partial charge < -0.3 is 10.7 Å². The Morgan fingerprint density at radius 3 is 1.62 bits per heavy atom. The smallest absolute Gasteiger partial charge is 0.674 e. The fourth-order valence-electron chi connectivity index (χ4n) is 2.15. The van der Waals surface area contributed by atoms with E-state index in [-0.39, 0.29) is 51.4 Å². The van der Waals surface area contributed by atoms with E-state index in [1.165, 1.54) is 22.3 Å². The van der Waals surface area contributed by atoms with Crippen LogP contribution in [0.25, 0.3) is 5.32 Å². The fourth-order valence-corrected chi connectivity index (χ4v) is 2.15. The van der Waals surface area contributed by atoms with Gasteiger partial charge in [0.25, 0.3) is 0 Å². The summed E-state index contributed by atoms with van der Waals surface area (Å²) in [6.07, 6.45) is 0. The van der Waals surface area contributed by atoms with Gasteiger partial charge in [0, 0.05) is 0 Å². The third-order valence-electron chi connectivity index (χ3n) is 3.92. The van der Waals surface area contributed by atoms with E-state index in [2.05, 4.69) is 69.4 Å². The molecule has 3 heteroatoms. The molecular formula is C21H29KN2. The zero-order valence-corrected chi connectivity index (χ0v) is 19.6. The minimum Gasteiger partial charge on any atom is -0.674 e. The minimum atomic E-state index is -0.406. The molecule has 1 N–H and O–H groups in total. The molecule has 0 unspecified atom stereocenters. The zero-order chi connectivity index (χ0) is 17.6. The van der Waals surface area contributed by atoms with Gasteiger partial charge in [-0.25, -0.2) is 0 Å². The van der Waals surface area contributed by atoms with Crippen molar-refractivity contribution in [2.24, 2.45) is 0 Å². The molecule has 2 aromatic rings. The molecule has 0 saturated carbocycles. The predicted octanol–water partition coefficient (Wildman–Crippen LogP) is 3.43. The predicted molar refractivity (Wildman–Crippen MR) is 102 cm³/mol. The quantitative estimate of drug-likeness (QED) is 0.652. The molecule has 0 spiro atoms. The average molecular weight is 349 g/mol. The van der Waals surface area contributed by atoms with Crippen molar-refractivity contribution < 1.29 is 51.4 Å². The van der Waals surface area contributed by atoms with Crippen molar-refractivity contribution in [3.63, 3.8) is 0 Å². The summed E-state index contributed by atoms with van der Waals surface area (Å²) in [5, 5.41) is 12.4. The maximum Gasteiger partial charge on any atom is 1.00 e. The van der Waals surface area contributed by atoms with Crippen molar-refractivity contribution in [3.05, 3.63) is 70.0 Å². The normalized spacial score (nSPS) is 10.1. The number of rotatable bonds is 3. The maximum atomic E-state index is 7.69. The van der Waals surface area contributed by atoms with Gasteiger partial charge in [-0.2, -0.15) is 0 Å². The van der Waals surface area contributed by atoms with Gasteiger partial charge >= 0.3 is 51.4 Å². The number of hydrogen-bond donors (Lipinski definition) is 1. The van der Waals surface area contributed by atoms with Crippen LogP contribution in [0.2, 0.25) is 0 Å². The van der Waals surface area contributed by atoms with E-state index in [9.17, 15) is 0 Å². The van der Waals surface area contributed by atoms with Gasteiger partial charge in [-0.05, 0) is 40.3 Å². The molecule has 2 nitrogen and oxygen atoms in total. The van der Waals surface area contributed by atoms with E-state index < -0.39 is 5.54 Å². The van der Waals surface area contributed by atoms with E-state index in [0.717, 1.165) is 5.69 Å². The average Bonchev–Trinajstić information content (AvgIpc) is 2.43. The molecule has 0 radical (unpaired) electrons. The first-order valence-electron chi connectivity index (χ1n) is 8.01. The summed E-state index contributed by atoms with van der Waals surface area (Å²) in [5.41, 5.74) is 6.22. The number of hydrogen-bond acceptors (Lipinski definition) is 1. The third-order valence-corrected chi connectivity index (χ3v) is 3.92. The van der Waals surface area contributed by atoms with Crippen LogP contribution >= 0.6 is 0 Å². The standard InChI is InChI=1S/C13H19N2.C8H10.K/c1-9-7-6-8-10(2)12(9)15-13(4,5)11(3)14;1-7-4-3-5-8(2)6-7;/h6-8,14H,1-5H3;3-6H,1-2H3;/q-1;;+1. The van der Waals surface area contributed by atoms with E-state index >= 15 is 0 Å². The second kappa shape index (κ2) is 10.5. The van der Waals surface area contributed by atoms with E-state index in [4.69, 9.17) is 5.41 Å². The summed E-state index contributed by atoms with van der Waals surface area (Å²) in [7, 11) is 0. The minimum absolute atomic E-state index is 0. The van der Waals surface area contributed by atoms with Crippen molar-refractivity contribution in [2.45, 2.75) is 54.0 Å². The SMILES string of the molecule is CC(=N)C(C)(C)[N-]c1c(C)cccc1C.Cc1cccc(C)c1.[K+]. The molecule has 0 aliphatic carbocycles. The van der Waals surface area contributed by atoms with E-state index in [1.807, 2.05) is 19.9 Å². The van der Waals surface area contributed by atoms with Crippen molar-refractivity contribution in [1.29, 1.82) is 5.41 Å². The number of para-hydroxylation sites is 1. The Kier molecular flexibility index (Phi) is 10.3. The summed E-state index contributed by atoms with van der Waals surface area (Å²) >= 11 is 0. The molecule has 2 rings (SSSR count). The Bertz CT molecular complexity index is 638. The molecule has 0 bridgehead atoms. The van der Waals surface area contributed by atoms with E-state index in [1.54, 1.807) is 6.92 Å². The molecule has 124 valence electrons. The molecule has 0 saturated heterocycles. The summed E-state index contributed by atoms with van der Waals surface area (Å²) < 4.78 is 0. The molecule has 0 fully saturated rings.